The number of rotatable bonds is 4. The fourth-order valence-electron chi connectivity index (χ4n) is 5.88. The van der Waals surface area contributed by atoms with E-state index in [4.69, 9.17) is 23.2 Å². The minimum atomic E-state index is -1.19. The molecule has 4 aliphatic rings. The van der Waals surface area contributed by atoms with Crippen LogP contribution in [0.2, 0.25) is 10.0 Å². The lowest BCUT2D eigenvalue weighted by Gasteiger charge is -2.59. The van der Waals surface area contributed by atoms with E-state index in [1.54, 1.807) is 6.07 Å². The van der Waals surface area contributed by atoms with Crippen LogP contribution in [0, 0.1) is 23.2 Å². The van der Waals surface area contributed by atoms with Gasteiger partial charge in [-0.15, -0.1) is 0 Å². The molecule has 1 atom stereocenters. The van der Waals surface area contributed by atoms with Crippen molar-refractivity contribution < 1.29 is 14.7 Å². The highest BCUT2D eigenvalue weighted by Crippen LogP contribution is 2.61. The summed E-state index contributed by atoms with van der Waals surface area (Å²) >= 11 is 12.0. The number of hydrogen-bond acceptors (Lipinski definition) is 3. The van der Waals surface area contributed by atoms with Crippen molar-refractivity contribution in [2.75, 3.05) is 0 Å². The van der Waals surface area contributed by atoms with E-state index in [0.29, 0.717) is 22.8 Å². The maximum absolute atomic E-state index is 12.7. The van der Waals surface area contributed by atoms with Crippen LogP contribution >= 0.6 is 23.2 Å². The van der Waals surface area contributed by atoms with Gasteiger partial charge in [0.05, 0.1) is 22.6 Å². The molecule has 4 fully saturated rings. The summed E-state index contributed by atoms with van der Waals surface area (Å²) in [6, 6.07) is 3.60. The van der Waals surface area contributed by atoms with E-state index in [1.165, 1.54) is 31.4 Å². The van der Waals surface area contributed by atoms with Crippen molar-refractivity contribution in [3.05, 3.63) is 33.8 Å². The maximum atomic E-state index is 12.7. The molecule has 0 aliphatic heterocycles. The third-order valence-electron chi connectivity index (χ3n) is 6.38. The van der Waals surface area contributed by atoms with Crippen LogP contribution in [-0.4, -0.2) is 17.9 Å². The Labute approximate surface area is 156 Å². The Hall–Kier alpha value is -1.26. The molecule has 134 valence electrons. The molecular weight excluding hydrogens is 361 g/mol. The second-order valence-corrected chi connectivity index (χ2v) is 8.97. The summed E-state index contributed by atoms with van der Waals surface area (Å²) in [6.07, 6.45) is 6.22. The molecular formula is C19H20Cl2NO3-. The quantitative estimate of drug-likeness (QED) is 0.872. The van der Waals surface area contributed by atoms with Crippen molar-refractivity contribution in [1.82, 2.24) is 5.32 Å². The molecule has 6 heteroatoms. The minimum Gasteiger partial charge on any atom is -0.548 e. The SMILES string of the molecule is O=C(N[C@@H](C(=O)[O-])C12CC3CC(CC(C3)C1)C2)c1ccc(Cl)cc1Cl. The number of amides is 1. The van der Waals surface area contributed by atoms with Crippen molar-refractivity contribution in [2.45, 2.75) is 44.6 Å². The van der Waals surface area contributed by atoms with E-state index in [1.807, 2.05) is 0 Å². The monoisotopic (exact) mass is 380 g/mol. The molecule has 25 heavy (non-hydrogen) atoms. The molecule has 0 radical (unpaired) electrons. The molecule has 4 saturated carbocycles. The van der Waals surface area contributed by atoms with Crippen molar-refractivity contribution in [3.8, 4) is 0 Å². The topological polar surface area (TPSA) is 69.2 Å². The van der Waals surface area contributed by atoms with Crippen LogP contribution in [0.25, 0.3) is 0 Å². The number of hydrogen-bond donors (Lipinski definition) is 1. The van der Waals surface area contributed by atoms with Gasteiger partial charge in [0.15, 0.2) is 0 Å². The van der Waals surface area contributed by atoms with Gasteiger partial charge in [0.1, 0.15) is 0 Å². The summed E-state index contributed by atoms with van der Waals surface area (Å²) < 4.78 is 0. The Balaban J connectivity index is 1.60. The normalized spacial score (nSPS) is 33.9. The average molecular weight is 381 g/mol. The Kier molecular flexibility index (Phi) is 4.24. The Morgan fingerprint density at radius 2 is 1.64 bits per heavy atom. The summed E-state index contributed by atoms with van der Waals surface area (Å²) in [7, 11) is 0. The zero-order valence-corrected chi connectivity index (χ0v) is 15.3. The van der Waals surface area contributed by atoms with Gasteiger partial charge in [-0.1, -0.05) is 23.2 Å². The predicted octanol–water partition coefficient (Wildman–Crippen LogP) is 3.06. The second-order valence-electron chi connectivity index (χ2n) is 8.13. The Bertz CT molecular complexity index is 698. The van der Waals surface area contributed by atoms with E-state index in [2.05, 4.69) is 5.32 Å². The van der Waals surface area contributed by atoms with Crippen molar-refractivity contribution in [1.29, 1.82) is 0 Å². The van der Waals surface area contributed by atoms with Gasteiger partial charge in [-0.25, -0.2) is 0 Å². The number of carboxylic acid groups (broad SMARTS) is 1. The summed E-state index contributed by atoms with van der Waals surface area (Å²) in [5.41, 5.74) is -0.135. The van der Waals surface area contributed by atoms with E-state index >= 15 is 0 Å². The van der Waals surface area contributed by atoms with E-state index in [9.17, 15) is 14.7 Å². The van der Waals surface area contributed by atoms with Crippen molar-refractivity contribution in [2.24, 2.45) is 23.2 Å². The van der Waals surface area contributed by atoms with Crippen LogP contribution in [0.3, 0.4) is 0 Å². The molecule has 4 bridgehead atoms. The molecule has 4 aliphatic carbocycles. The first-order chi connectivity index (χ1) is 11.9. The average Bonchev–Trinajstić information content (AvgIpc) is 2.50. The highest BCUT2D eigenvalue weighted by Gasteiger charge is 2.54. The van der Waals surface area contributed by atoms with Crippen LogP contribution in [0.15, 0.2) is 18.2 Å². The van der Waals surface area contributed by atoms with Gasteiger partial charge < -0.3 is 15.2 Å². The molecule has 0 unspecified atom stereocenters. The van der Waals surface area contributed by atoms with Gasteiger partial charge in [-0.2, -0.15) is 0 Å². The third-order valence-corrected chi connectivity index (χ3v) is 6.93. The van der Waals surface area contributed by atoms with Crippen LogP contribution < -0.4 is 10.4 Å². The third kappa shape index (κ3) is 3.04. The smallest absolute Gasteiger partial charge is 0.253 e. The summed E-state index contributed by atoms with van der Waals surface area (Å²) in [5.74, 6) is 0.0874. The molecule has 0 saturated heterocycles. The number of carbonyl (C=O) groups is 2. The summed E-state index contributed by atoms with van der Waals surface area (Å²) in [5, 5.41) is 15.3. The fraction of sp³-hybridized carbons (Fsp3) is 0.579. The molecule has 1 aromatic rings. The lowest BCUT2D eigenvalue weighted by atomic mass is 9.47. The van der Waals surface area contributed by atoms with Crippen molar-refractivity contribution >= 4 is 35.1 Å². The van der Waals surface area contributed by atoms with Crippen molar-refractivity contribution in [3.63, 3.8) is 0 Å². The number of carbonyl (C=O) groups excluding carboxylic acids is 2. The zero-order chi connectivity index (χ0) is 17.8. The molecule has 1 aromatic carbocycles. The van der Waals surface area contributed by atoms with Gasteiger partial charge in [-0.05, 0) is 79.9 Å². The molecule has 1 N–H and O–H groups in total. The van der Waals surface area contributed by atoms with Gasteiger partial charge in [0, 0.05) is 5.02 Å². The van der Waals surface area contributed by atoms with Crippen LogP contribution in [0.5, 0.6) is 0 Å². The molecule has 5 rings (SSSR count). The number of aliphatic carboxylic acids is 1. The lowest BCUT2D eigenvalue weighted by Crippen LogP contribution is -2.62. The summed E-state index contributed by atoms with van der Waals surface area (Å²) in [6.45, 7) is 0. The number of halogens is 2. The van der Waals surface area contributed by atoms with Gasteiger partial charge in [0.2, 0.25) is 0 Å². The molecule has 4 nitrogen and oxygen atoms in total. The predicted molar refractivity (Wildman–Crippen MR) is 93.3 cm³/mol. The van der Waals surface area contributed by atoms with E-state index in [-0.39, 0.29) is 16.0 Å². The Morgan fingerprint density at radius 1 is 1.08 bits per heavy atom. The molecule has 1 amide bonds. The molecule has 0 heterocycles. The molecule has 0 spiro atoms. The highest BCUT2D eigenvalue weighted by molar-refractivity contribution is 6.36. The van der Waals surface area contributed by atoms with E-state index < -0.39 is 17.9 Å². The standard InChI is InChI=1S/C19H21Cl2NO3/c20-13-1-2-14(15(21)6-13)17(23)22-16(18(24)25)19-7-10-3-11(8-19)5-12(4-10)9-19/h1-2,6,10-12,16H,3-5,7-9H2,(H,22,23)(H,24,25)/p-1/t10?,11?,12?,16-,19?/m0/s1. The first kappa shape index (κ1) is 17.2. The lowest BCUT2D eigenvalue weighted by molar-refractivity contribution is -0.313. The van der Waals surface area contributed by atoms with Gasteiger partial charge in [-0.3, -0.25) is 4.79 Å². The van der Waals surface area contributed by atoms with Crippen LogP contribution in [-0.2, 0) is 4.79 Å². The number of benzene rings is 1. The number of nitrogens with one attached hydrogen (secondary N) is 1. The largest absolute Gasteiger partial charge is 0.548 e. The maximum Gasteiger partial charge on any atom is 0.253 e. The number of carboxylic acids is 1. The first-order valence-electron chi connectivity index (χ1n) is 8.83. The van der Waals surface area contributed by atoms with E-state index in [0.717, 1.165) is 19.3 Å². The first-order valence-corrected chi connectivity index (χ1v) is 9.59. The fourth-order valence-corrected chi connectivity index (χ4v) is 6.37. The van der Waals surface area contributed by atoms with Gasteiger partial charge >= 0.3 is 0 Å². The van der Waals surface area contributed by atoms with Crippen LogP contribution in [0.1, 0.15) is 48.9 Å². The summed E-state index contributed by atoms with van der Waals surface area (Å²) in [4.78, 5) is 24.6. The minimum absolute atomic E-state index is 0.215. The second kappa shape index (κ2) is 6.17. The molecule has 0 aromatic heterocycles. The zero-order valence-electron chi connectivity index (χ0n) is 13.8. The highest BCUT2D eigenvalue weighted by atomic mass is 35.5. The Morgan fingerprint density at radius 3 is 2.12 bits per heavy atom. The van der Waals surface area contributed by atoms with Gasteiger partial charge in [0.25, 0.3) is 5.91 Å². The van der Waals surface area contributed by atoms with Crippen LogP contribution in [0.4, 0.5) is 0 Å².